The molecule has 0 atom stereocenters. The topological polar surface area (TPSA) is 9.86 Å². The van der Waals surface area contributed by atoms with Crippen molar-refractivity contribution in [3.63, 3.8) is 0 Å². The summed E-state index contributed by atoms with van der Waals surface area (Å²) in [5.41, 5.74) is 12.7. The molecule has 3 aromatic heterocycles. The summed E-state index contributed by atoms with van der Waals surface area (Å²) < 4.78 is 7.65. The second-order valence-electron chi connectivity index (χ2n) is 13.7. The highest BCUT2D eigenvalue weighted by Crippen LogP contribution is 2.51. The molecule has 0 spiro atoms. The lowest BCUT2D eigenvalue weighted by atomic mass is 9.82. The Kier molecular flexibility index (Phi) is 5.09. The minimum Gasteiger partial charge on any atom is -0.309 e. The summed E-state index contributed by atoms with van der Waals surface area (Å²) in [5, 5.41) is 7.87. The maximum Gasteiger partial charge on any atom is 0.0561 e. The van der Waals surface area contributed by atoms with Gasteiger partial charge in [-0.05, 0) is 76.9 Å². The molecule has 226 valence electrons. The molecule has 0 bridgehead atoms. The van der Waals surface area contributed by atoms with Gasteiger partial charge in [0.1, 0.15) is 0 Å². The Labute approximate surface area is 281 Å². The molecule has 2 nitrogen and oxygen atoms in total. The third-order valence-electron chi connectivity index (χ3n) is 10.9. The first-order chi connectivity index (χ1) is 23.6. The Morgan fingerprint density at radius 2 is 1.15 bits per heavy atom. The number of rotatable bonds is 2. The first-order valence-electron chi connectivity index (χ1n) is 16.7. The highest BCUT2D eigenvalue weighted by atomic mass is 32.1. The van der Waals surface area contributed by atoms with Crippen LogP contribution in [0, 0.1) is 0 Å². The van der Waals surface area contributed by atoms with Crippen molar-refractivity contribution < 1.29 is 0 Å². The molecule has 10 aromatic rings. The van der Waals surface area contributed by atoms with Crippen molar-refractivity contribution in [2.45, 2.75) is 19.3 Å². The third-order valence-corrected chi connectivity index (χ3v) is 12.1. The maximum atomic E-state index is 2.48. The molecular weight excluding hydrogens is 601 g/mol. The minimum atomic E-state index is -0.0653. The molecule has 7 aromatic carbocycles. The van der Waals surface area contributed by atoms with Gasteiger partial charge in [0.2, 0.25) is 0 Å². The predicted molar refractivity (Wildman–Crippen MR) is 206 cm³/mol. The first kappa shape index (κ1) is 26.4. The van der Waals surface area contributed by atoms with Crippen LogP contribution in [0.4, 0.5) is 0 Å². The van der Waals surface area contributed by atoms with Gasteiger partial charge in [0.25, 0.3) is 0 Å². The molecule has 0 amide bonds. The average Bonchev–Trinajstić information content (AvgIpc) is 3.83. The zero-order valence-electron chi connectivity index (χ0n) is 26.7. The van der Waals surface area contributed by atoms with E-state index in [0.29, 0.717) is 0 Å². The number of fused-ring (bicyclic) bond motifs is 13. The number of benzene rings is 7. The van der Waals surface area contributed by atoms with Gasteiger partial charge in [0.15, 0.2) is 0 Å². The fourth-order valence-corrected chi connectivity index (χ4v) is 9.97. The molecule has 0 saturated heterocycles. The molecule has 1 aliphatic carbocycles. The quantitative estimate of drug-likeness (QED) is 0.180. The zero-order chi connectivity index (χ0) is 31.7. The predicted octanol–water partition coefficient (Wildman–Crippen LogP) is 12.6. The van der Waals surface area contributed by atoms with E-state index in [1.165, 1.54) is 97.4 Å². The number of para-hydroxylation sites is 2. The van der Waals surface area contributed by atoms with Crippen LogP contribution >= 0.6 is 11.3 Å². The van der Waals surface area contributed by atoms with Crippen LogP contribution in [-0.2, 0) is 5.41 Å². The number of hydrogen-bond donors (Lipinski definition) is 0. The molecule has 0 saturated carbocycles. The summed E-state index contributed by atoms with van der Waals surface area (Å²) in [6.45, 7) is 4.74. The highest BCUT2D eigenvalue weighted by molar-refractivity contribution is 7.26. The molecule has 3 heterocycles. The van der Waals surface area contributed by atoms with E-state index in [0.717, 1.165) is 0 Å². The van der Waals surface area contributed by atoms with Crippen molar-refractivity contribution in [1.29, 1.82) is 0 Å². The fourth-order valence-electron chi connectivity index (χ4n) is 8.71. The Hall–Kier alpha value is -5.64. The van der Waals surface area contributed by atoms with Crippen molar-refractivity contribution in [1.82, 2.24) is 9.13 Å². The van der Waals surface area contributed by atoms with Gasteiger partial charge in [-0.25, -0.2) is 0 Å². The van der Waals surface area contributed by atoms with Crippen molar-refractivity contribution in [3.8, 4) is 22.5 Å². The molecule has 0 unspecified atom stereocenters. The SMILES string of the molecule is CC1(C)c2ccccc2-c2cc3c4ccc(-n5c6ccccc6c6c7sc8ccccc8c7ccc65)cc4n(-c4ccccc4)c3cc21. The van der Waals surface area contributed by atoms with Crippen LogP contribution in [0.3, 0.4) is 0 Å². The van der Waals surface area contributed by atoms with Crippen molar-refractivity contribution in [2.24, 2.45) is 0 Å². The summed E-state index contributed by atoms with van der Waals surface area (Å²) >= 11 is 1.91. The Morgan fingerprint density at radius 3 is 2.04 bits per heavy atom. The fraction of sp³-hybridized carbons (Fsp3) is 0.0667. The molecule has 0 N–H and O–H groups in total. The number of aromatic nitrogens is 2. The normalized spacial score (nSPS) is 13.8. The van der Waals surface area contributed by atoms with Crippen molar-refractivity contribution >= 4 is 75.1 Å². The summed E-state index contributed by atoms with van der Waals surface area (Å²) in [4.78, 5) is 0. The molecule has 0 fully saturated rings. The van der Waals surface area contributed by atoms with E-state index in [2.05, 4.69) is 169 Å². The molecular formula is C45H30N2S. The van der Waals surface area contributed by atoms with E-state index in [9.17, 15) is 0 Å². The molecule has 1 aliphatic rings. The van der Waals surface area contributed by atoms with E-state index in [1.54, 1.807) is 0 Å². The molecule has 48 heavy (non-hydrogen) atoms. The summed E-state index contributed by atoms with van der Waals surface area (Å²) in [6.07, 6.45) is 0. The monoisotopic (exact) mass is 630 g/mol. The van der Waals surface area contributed by atoms with Crippen LogP contribution in [0.1, 0.15) is 25.0 Å². The van der Waals surface area contributed by atoms with E-state index in [-0.39, 0.29) is 5.41 Å². The van der Waals surface area contributed by atoms with Crippen LogP contribution in [0.5, 0.6) is 0 Å². The van der Waals surface area contributed by atoms with Gasteiger partial charge in [-0.2, -0.15) is 0 Å². The Morgan fingerprint density at radius 1 is 0.438 bits per heavy atom. The van der Waals surface area contributed by atoms with Gasteiger partial charge in [-0.15, -0.1) is 11.3 Å². The van der Waals surface area contributed by atoms with E-state index >= 15 is 0 Å². The van der Waals surface area contributed by atoms with Crippen LogP contribution in [-0.4, -0.2) is 9.13 Å². The lowest BCUT2D eigenvalue weighted by molar-refractivity contribution is 0.661. The van der Waals surface area contributed by atoms with Crippen LogP contribution in [0.25, 0.3) is 86.3 Å². The number of hydrogen-bond acceptors (Lipinski definition) is 1. The Balaban J connectivity index is 1.24. The number of thiophene rings is 1. The smallest absolute Gasteiger partial charge is 0.0561 e. The molecule has 0 aliphatic heterocycles. The van der Waals surface area contributed by atoms with E-state index in [1.807, 2.05) is 11.3 Å². The third kappa shape index (κ3) is 3.31. The highest BCUT2D eigenvalue weighted by Gasteiger charge is 2.36. The molecule has 11 rings (SSSR count). The maximum absolute atomic E-state index is 2.48. The van der Waals surface area contributed by atoms with Crippen molar-refractivity contribution in [2.75, 3.05) is 0 Å². The van der Waals surface area contributed by atoms with Crippen LogP contribution < -0.4 is 0 Å². The van der Waals surface area contributed by atoms with Gasteiger partial charge in [0.05, 0.1) is 22.1 Å². The number of nitrogens with zero attached hydrogens (tertiary/aromatic N) is 2. The van der Waals surface area contributed by atoms with Crippen LogP contribution in [0.15, 0.2) is 146 Å². The van der Waals surface area contributed by atoms with Crippen LogP contribution in [0.2, 0.25) is 0 Å². The lowest BCUT2D eigenvalue weighted by Gasteiger charge is -2.21. The second kappa shape index (κ2) is 9.25. The van der Waals surface area contributed by atoms with Gasteiger partial charge in [-0.1, -0.05) is 105 Å². The largest absolute Gasteiger partial charge is 0.309 e. The second-order valence-corrected chi connectivity index (χ2v) is 14.8. The summed E-state index contributed by atoms with van der Waals surface area (Å²) in [6, 6.07) is 54.2. The van der Waals surface area contributed by atoms with Gasteiger partial charge in [0, 0.05) is 58.5 Å². The minimum absolute atomic E-state index is 0.0653. The molecule has 0 radical (unpaired) electrons. The van der Waals surface area contributed by atoms with Gasteiger partial charge < -0.3 is 9.13 Å². The van der Waals surface area contributed by atoms with E-state index < -0.39 is 0 Å². The summed E-state index contributed by atoms with van der Waals surface area (Å²) in [5.74, 6) is 0. The standard InChI is InChI=1S/C45H30N2S/c1-45(2)36-17-9-6-14-29(36)34-25-35-30-21-20-28(24-40(30)46(41(35)26-37(34)45)27-12-4-3-5-13-27)47-38-18-10-7-16-33(38)43-39(47)23-22-32-31-15-8-11-19-42(31)48-44(32)43/h3-26H,1-2H3. The van der Waals surface area contributed by atoms with E-state index in [4.69, 9.17) is 0 Å². The Bertz CT molecular complexity index is 2970. The van der Waals surface area contributed by atoms with Gasteiger partial charge in [-0.3, -0.25) is 0 Å². The zero-order valence-corrected chi connectivity index (χ0v) is 27.5. The van der Waals surface area contributed by atoms with Gasteiger partial charge >= 0.3 is 0 Å². The first-order valence-corrected chi connectivity index (χ1v) is 17.5. The lowest BCUT2D eigenvalue weighted by Crippen LogP contribution is -2.14. The molecule has 3 heteroatoms. The summed E-state index contributed by atoms with van der Waals surface area (Å²) in [7, 11) is 0. The van der Waals surface area contributed by atoms with Crippen molar-refractivity contribution in [3.05, 3.63) is 157 Å². The average molecular weight is 631 g/mol.